The maximum absolute atomic E-state index is 12.4. The number of nitrogens with zero attached hydrogens (tertiary/aromatic N) is 1. The molecule has 2 N–H and O–H groups in total. The van der Waals surface area contributed by atoms with Crippen molar-refractivity contribution in [2.45, 2.75) is 31.7 Å². The summed E-state index contributed by atoms with van der Waals surface area (Å²) in [7, 11) is 0. The number of rotatable bonds is 4. The van der Waals surface area contributed by atoms with Crippen LogP contribution in [-0.4, -0.2) is 48.9 Å². The number of piperidine rings is 1. The van der Waals surface area contributed by atoms with Crippen LogP contribution in [0.5, 0.6) is 0 Å². The normalized spacial score (nSPS) is 25.2. The second kappa shape index (κ2) is 7.24. The molecule has 120 valence electrons. The number of thiophene rings is 1. The number of hydrogen-bond acceptors (Lipinski definition) is 4. The van der Waals surface area contributed by atoms with E-state index in [0.29, 0.717) is 12.5 Å². The van der Waals surface area contributed by atoms with E-state index < -0.39 is 0 Å². The minimum absolute atomic E-state index is 0.0212. The molecule has 2 aliphatic rings. The Morgan fingerprint density at radius 2 is 2.27 bits per heavy atom. The van der Waals surface area contributed by atoms with Gasteiger partial charge in [-0.25, -0.2) is 0 Å². The summed E-state index contributed by atoms with van der Waals surface area (Å²) in [6, 6.07) is 1.86. The molecule has 5 nitrogen and oxygen atoms in total. The van der Waals surface area contributed by atoms with Crippen molar-refractivity contribution < 1.29 is 9.59 Å². The van der Waals surface area contributed by atoms with Crippen LogP contribution in [-0.2, 0) is 4.79 Å². The second-order valence-corrected chi connectivity index (χ2v) is 6.95. The molecule has 2 saturated heterocycles. The van der Waals surface area contributed by atoms with Gasteiger partial charge in [-0.1, -0.05) is 0 Å². The number of amides is 2. The van der Waals surface area contributed by atoms with E-state index in [1.165, 1.54) is 0 Å². The predicted molar refractivity (Wildman–Crippen MR) is 87.0 cm³/mol. The molecule has 1 aromatic heterocycles. The van der Waals surface area contributed by atoms with Crippen LogP contribution in [0.1, 0.15) is 36.0 Å². The molecule has 2 amide bonds. The van der Waals surface area contributed by atoms with E-state index in [-0.39, 0.29) is 17.9 Å². The van der Waals surface area contributed by atoms with Crippen LogP contribution in [0, 0.1) is 5.92 Å². The van der Waals surface area contributed by atoms with Crippen LogP contribution in [0.2, 0.25) is 0 Å². The van der Waals surface area contributed by atoms with Crippen molar-refractivity contribution in [3.05, 3.63) is 22.4 Å². The van der Waals surface area contributed by atoms with Crippen molar-refractivity contribution in [3.8, 4) is 0 Å². The Hall–Kier alpha value is -1.40. The van der Waals surface area contributed by atoms with E-state index in [4.69, 9.17) is 0 Å². The summed E-state index contributed by atoms with van der Waals surface area (Å²) in [6.45, 7) is 3.17. The van der Waals surface area contributed by atoms with Gasteiger partial charge in [0, 0.05) is 25.0 Å². The first kappa shape index (κ1) is 15.5. The zero-order valence-electron chi connectivity index (χ0n) is 12.7. The lowest BCUT2D eigenvalue weighted by Crippen LogP contribution is -2.46. The predicted octanol–water partition coefficient (Wildman–Crippen LogP) is 1.47. The Balaban J connectivity index is 1.48. The van der Waals surface area contributed by atoms with Crippen molar-refractivity contribution in [2.24, 2.45) is 5.92 Å². The third-order valence-corrected chi connectivity index (χ3v) is 5.20. The van der Waals surface area contributed by atoms with Crippen molar-refractivity contribution >= 4 is 23.2 Å². The fraction of sp³-hybridized carbons (Fsp3) is 0.625. The molecule has 0 saturated carbocycles. The van der Waals surface area contributed by atoms with Gasteiger partial charge >= 0.3 is 0 Å². The van der Waals surface area contributed by atoms with Crippen molar-refractivity contribution in [1.29, 1.82) is 0 Å². The summed E-state index contributed by atoms with van der Waals surface area (Å²) >= 11 is 1.55. The summed E-state index contributed by atoms with van der Waals surface area (Å²) in [6.07, 6.45) is 4.09. The minimum Gasteiger partial charge on any atom is -0.354 e. The molecule has 0 aliphatic carbocycles. The molecule has 2 aliphatic heterocycles. The molecule has 22 heavy (non-hydrogen) atoms. The van der Waals surface area contributed by atoms with Crippen LogP contribution >= 0.6 is 11.3 Å². The van der Waals surface area contributed by atoms with E-state index in [1.54, 1.807) is 11.3 Å². The fourth-order valence-corrected chi connectivity index (χ4v) is 3.89. The highest BCUT2D eigenvalue weighted by Crippen LogP contribution is 2.19. The monoisotopic (exact) mass is 321 g/mol. The molecule has 6 heteroatoms. The van der Waals surface area contributed by atoms with Gasteiger partial charge in [-0.15, -0.1) is 0 Å². The summed E-state index contributed by atoms with van der Waals surface area (Å²) < 4.78 is 0. The molecule has 0 bridgehead atoms. The van der Waals surface area contributed by atoms with Crippen LogP contribution in [0.3, 0.4) is 0 Å². The lowest BCUT2D eigenvalue weighted by atomic mass is 9.97. The van der Waals surface area contributed by atoms with E-state index in [2.05, 4.69) is 10.6 Å². The molecular formula is C16H23N3O2S. The lowest BCUT2D eigenvalue weighted by Gasteiger charge is -2.33. The Kier molecular flexibility index (Phi) is 5.10. The fourth-order valence-electron chi connectivity index (χ4n) is 3.26. The molecule has 0 spiro atoms. The SMILES string of the molecule is O=C(NC[C@H]1CCCN(C(=O)c2ccsc2)C1)[C@H]1CCCN1. The van der Waals surface area contributed by atoms with Crippen molar-refractivity contribution in [1.82, 2.24) is 15.5 Å². The Morgan fingerprint density at radius 1 is 1.36 bits per heavy atom. The average Bonchev–Trinajstić information content (AvgIpc) is 3.25. The van der Waals surface area contributed by atoms with Crippen molar-refractivity contribution in [2.75, 3.05) is 26.2 Å². The van der Waals surface area contributed by atoms with Crippen molar-refractivity contribution in [3.63, 3.8) is 0 Å². The maximum Gasteiger partial charge on any atom is 0.254 e. The zero-order chi connectivity index (χ0) is 15.4. The molecule has 3 rings (SSSR count). The van der Waals surface area contributed by atoms with Gasteiger partial charge in [0.15, 0.2) is 0 Å². The van der Waals surface area contributed by atoms with Gasteiger partial charge in [-0.3, -0.25) is 9.59 Å². The topological polar surface area (TPSA) is 61.4 Å². The third-order valence-electron chi connectivity index (χ3n) is 4.52. The summed E-state index contributed by atoms with van der Waals surface area (Å²) in [4.78, 5) is 26.4. The smallest absolute Gasteiger partial charge is 0.254 e. The number of hydrogen-bond donors (Lipinski definition) is 2. The molecule has 0 unspecified atom stereocenters. The summed E-state index contributed by atoms with van der Waals surface area (Å²) in [5.74, 6) is 0.593. The van der Waals surface area contributed by atoms with Gasteiger partial charge in [-0.05, 0) is 49.6 Å². The van der Waals surface area contributed by atoms with Crippen LogP contribution in [0.15, 0.2) is 16.8 Å². The van der Waals surface area contributed by atoms with Gasteiger partial charge in [-0.2, -0.15) is 11.3 Å². The number of carbonyl (C=O) groups is 2. The van der Waals surface area contributed by atoms with Gasteiger partial charge in [0.2, 0.25) is 5.91 Å². The second-order valence-electron chi connectivity index (χ2n) is 6.17. The number of nitrogens with one attached hydrogen (secondary N) is 2. The van der Waals surface area contributed by atoms with Gasteiger partial charge in [0.25, 0.3) is 5.91 Å². The highest BCUT2D eigenvalue weighted by atomic mass is 32.1. The molecule has 3 heterocycles. The minimum atomic E-state index is -0.0212. The molecule has 1 aromatic rings. The van der Waals surface area contributed by atoms with Gasteiger partial charge < -0.3 is 15.5 Å². The number of carbonyl (C=O) groups excluding carboxylic acids is 2. The highest BCUT2D eigenvalue weighted by Gasteiger charge is 2.26. The first-order chi connectivity index (χ1) is 10.7. The Bertz CT molecular complexity index is 511. The largest absolute Gasteiger partial charge is 0.354 e. The van der Waals surface area contributed by atoms with E-state index >= 15 is 0 Å². The third kappa shape index (κ3) is 3.67. The summed E-state index contributed by atoms with van der Waals surface area (Å²) in [5.41, 5.74) is 0.782. The summed E-state index contributed by atoms with van der Waals surface area (Å²) in [5, 5.41) is 10.1. The molecular weight excluding hydrogens is 298 g/mol. The Morgan fingerprint density at radius 3 is 3.00 bits per heavy atom. The maximum atomic E-state index is 12.4. The zero-order valence-corrected chi connectivity index (χ0v) is 13.5. The van der Waals surface area contributed by atoms with Crippen LogP contribution < -0.4 is 10.6 Å². The molecule has 0 radical (unpaired) electrons. The van der Waals surface area contributed by atoms with Crippen LogP contribution in [0.4, 0.5) is 0 Å². The first-order valence-electron chi connectivity index (χ1n) is 8.06. The molecule has 2 fully saturated rings. The highest BCUT2D eigenvalue weighted by molar-refractivity contribution is 7.08. The van der Waals surface area contributed by atoms with E-state index in [1.807, 2.05) is 21.7 Å². The van der Waals surface area contributed by atoms with Crippen LogP contribution in [0.25, 0.3) is 0 Å². The standard InChI is InChI=1S/C16H23N3O2S/c20-15(14-4-1-6-17-14)18-9-12-3-2-7-19(10-12)16(21)13-5-8-22-11-13/h5,8,11-12,14,17H,1-4,6-7,9-10H2,(H,18,20)/t12-,14-/m1/s1. The average molecular weight is 321 g/mol. The molecule has 2 atom stereocenters. The first-order valence-corrected chi connectivity index (χ1v) is 9.01. The lowest BCUT2D eigenvalue weighted by molar-refractivity contribution is -0.123. The Labute approximate surface area is 135 Å². The molecule has 0 aromatic carbocycles. The van der Waals surface area contributed by atoms with Gasteiger partial charge in [0.1, 0.15) is 0 Å². The van der Waals surface area contributed by atoms with E-state index in [9.17, 15) is 9.59 Å². The number of likely N-dealkylation sites (tertiary alicyclic amines) is 1. The quantitative estimate of drug-likeness (QED) is 0.883. The van der Waals surface area contributed by atoms with E-state index in [0.717, 1.165) is 50.9 Å². The van der Waals surface area contributed by atoms with Gasteiger partial charge in [0.05, 0.1) is 11.6 Å².